The van der Waals surface area contributed by atoms with Crippen LogP contribution in [0.3, 0.4) is 0 Å². The molecule has 48 valence electrons. The summed E-state index contributed by atoms with van der Waals surface area (Å²) in [7, 11) is 0. The Morgan fingerprint density at radius 2 is 2.12 bits per heavy atom. The predicted octanol–water partition coefficient (Wildman–Crippen LogP) is -0.418. The van der Waals surface area contributed by atoms with E-state index in [1.54, 1.807) is 5.01 Å². The molecule has 0 aromatic rings. The lowest BCUT2D eigenvalue weighted by Gasteiger charge is -2.09. The fourth-order valence-electron chi connectivity index (χ4n) is 0.765. The van der Waals surface area contributed by atoms with Gasteiger partial charge in [0.2, 0.25) is 0 Å². The molecule has 0 aromatic carbocycles. The third-order valence-electron chi connectivity index (χ3n) is 1.26. The van der Waals surface area contributed by atoms with E-state index in [2.05, 4.69) is 0 Å². The average molecular weight is 116 g/mol. The van der Waals surface area contributed by atoms with Crippen molar-refractivity contribution in [3.63, 3.8) is 0 Å². The van der Waals surface area contributed by atoms with Gasteiger partial charge in [-0.05, 0) is 6.42 Å². The molecule has 0 amide bonds. The smallest absolute Gasteiger partial charge is 0.0607 e. The molecular formula is C5H12N2O. The largest absolute Gasteiger partial charge is 0.380 e. The Morgan fingerprint density at radius 3 is 3.00 bits per heavy atom. The van der Waals surface area contributed by atoms with Crippen LogP contribution in [0.25, 0.3) is 0 Å². The van der Waals surface area contributed by atoms with Crippen LogP contribution >= 0.6 is 0 Å². The summed E-state index contributed by atoms with van der Waals surface area (Å²) in [6.45, 7) is 3.50. The van der Waals surface area contributed by atoms with Crippen LogP contribution in [0.4, 0.5) is 0 Å². The first kappa shape index (κ1) is 6.01. The van der Waals surface area contributed by atoms with Gasteiger partial charge in [0.05, 0.1) is 6.61 Å². The Balaban J connectivity index is 2.17. The number of nitrogens with two attached hydrogens (primary N) is 1. The maximum atomic E-state index is 5.49. The van der Waals surface area contributed by atoms with Crippen molar-refractivity contribution in [1.82, 2.24) is 5.01 Å². The minimum atomic E-state index is 0.788. The maximum Gasteiger partial charge on any atom is 0.0607 e. The van der Waals surface area contributed by atoms with Gasteiger partial charge in [0.1, 0.15) is 0 Å². The first-order valence-corrected chi connectivity index (χ1v) is 2.97. The monoisotopic (exact) mass is 116 g/mol. The number of rotatable bonds is 0. The van der Waals surface area contributed by atoms with E-state index in [-0.39, 0.29) is 0 Å². The lowest BCUT2D eigenvalue weighted by molar-refractivity contribution is 0.141. The Bertz CT molecular complexity index is 59.4. The summed E-state index contributed by atoms with van der Waals surface area (Å²) in [4.78, 5) is 0. The van der Waals surface area contributed by atoms with Crippen LogP contribution in [0.15, 0.2) is 0 Å². The van der Waals surface area contributed by atoms with Gasteiger partial charge in [0.25, 0.3) is 0 Å². The third kappa shape index (κ3) is 1.78. The van der Waals surface area contributed by atoms with E-state index >= 15 is 0 Å². The molecule has 1 fully saturated rings. The van der Waals surface area contributed by atoms with Crippen molar-refractivity contribution in [3.05, 3.63) is 0 Å². The molecule has 8 heavy (non-hydrogen) atoms. The summed E-state index contributed by atoms with van der Waals surface area (Å²) in [5.74, 6) is 5.49. The van der Waals surface area contributed by atoms with Crippen LogP contribution < -0.4 is 5.84 Å². The van der Waals surface area contributed by atoms with E-state index in [0.29, 0.717) is 0 Å². The molecule has 1 saturated heterocycles. The molecule has 1 aliphatic rings. The van der Waals surface area contributed by atoms with Gasteiger partial charge in [-0.1, -0.05) is 0 Å². The summed E-state index contributed by atoms with van der Waals surface area (Å²) in [5.41, 5.74) is 0. The quantitative estimate of drug-likeness (QED) is 0.437. The predicted molar refractivity (Wildman–Crippen MR) is 31.2 cm³/mol. The molecule has 0 bridgehead atoms. The minimum absolute atomic E-state index is 0.788. The summed E-state index contributed by atoms with van der Waals surface area (Å²) in [6.07, 6.45) is 1.07. The fraction of sp³-hybridized carbons (Fsp3) is 1.00. The van der Waals surface area contributed by atoms with Gasteiger partial charge < -0.3 is 4.74 Å². The molecule has 0 spiro atoms. The fourth-order valence-corrected chi connectivity index (χ4v) is 0.765. The molecular weight excluding hydrogens is 104 g/mol. The summed E-state index contributed by atoms with van der Waals surface area (Å²) in [6, 6.07) is 0. The van der Waals surface area contributed by atoms with Crippen molar-refractivity contribution < 1.29 is 4.74 Å². The second-order valence-corrected chi connectivity index (χ2v) is 2.00. The van der Waals surface area contributed by atoms with Crippen molar-refractivity contribution in [2.45, 2.75) is 6.42 Å². The summed E-state index contributed by atoms with van der Waals surface area (Å²) in [5, 5.41) is 1.80. The Kier molecular flexibility index (Phi) is 2.27. The molecule has 3 nitrogen and oxygen atoms in total. The number of nitrogens with zero attached hydrogens (tertiary/aromatic N) is 1. The first-order valence-electron chi connectivity index (χ1n) is 2.97. The van der Waals surface area contributed by atoms with Gasteiger partial charge in [-0.3, -0.25) is 5.84 Å². The van der Waals surface area contributed by atoms with Gasteiger partial charge in [-0.2, -0.15) is 0 Å². The molecule has 2 N–H and O–H groups in total. The molecule has 0 aromatic heterocycles. The molecule has 0 radical (unpaired) electrons. The van der Waals surface area contributed by atoms with Crippen LogP contribution in [-0.2, 0) is 4.74 Å². The lowest BCUT2D eigenvalue weighted by atomic mass is 10.4. The summed E-state index contributed by atoms with van der Waals surface area (Å²) >= 11 is 0. The minimum Gasteiger partial charge on any atom is -0.380 e. The third-order valence-corrected chi connectivity index (χ3v) is 1.26. The van der Waals surface area contributed by atoms with Gasteiger partial charge in [0, 0.05) is 19.7 Å². The standard InChI is InChI=1S/C5H12N2O/c6-7-2-1-4-8-5-3-7/h1-6H2. The molecule has 3 heteroatoms. The van der Waals surface area contributed by atoms with Gasteiger partial charge in [-0.15, -0.1) is 0 Å². The van der Waals surface area contributed by atoms with Crippen LogP contribution in [-0.4, -0.2) is 31.3 Å². The zero-order chi connectivity index (χ0) is 5.82. The number of hydrazine groups is 1. The Hall–Kier alpha value is -0.120. The van der Waals surface area contributed by atoms with E-state index in [4.69, 9.17) is 10.6 Å². The SMILES string of the molecule is NN1CCCOCC1. The number of ether oxygens (including phenoxy) is 1. The van der Waals surface area contributed by atoms with Crippen LogP contribution in [0.5, 0.6) is 0 Å². The lowest BCUT2D eigenvalue weighted by Crippen LogP contribution is -2.32. The molecule has 1 aliphatic heterocycles. The van der Waals surface area contributed by atoms with Crippen LogP contribution in [0.2, 0.25) is 0 Å². The van der Waals surface area contributed by atoms with Crippen molar-refractivity contribution in [1.29, 1.82) is 0 Å². The van der Waals surface area contributed by atoms with E-state index in [1.165, 1.54) is 0 Å². The van der Waals surface area contributed by atoms with E-state index in [1.807, 2.05) is 0 Å². The highest BCUT2D eigenvalue weighted by atomic mass is 16.5. The highest BCUT2D eigenvalue weighted by molar-refractivity contribution is 4.51. The average Bonchev–Trinajstić information content (AvgIpc) is 1.94. The van der Waals surface area contributed by atoms with Crippen molar-refractivity contribution >= 4 is 0 Å². The van der Waals surface area contributed by atoms with Gasteiger partial charge in [-0.25, -0.2) is 5.01 Å². The van der Waals surface area contributed by atoms with Crippen LogP contribution in [0.1, 0.15) is 6.42 Å². The molecule has 0 unspecified atom stereocenters. The van der Waals surface area contributed by atoms with E-state index in [0.717, 1.165) is 32.7 Å². The Labute approximate surface area is 49.4 Å². The first-order chi connectivity index (χ1) is 3.89. The highest BCUT2D eigenvalue weighted by Gasteiger charge is 2.02. The second-order valence-electron chi connectivity index (χ2n) is 2.00. The highest BCUT2D eigenvalue weighted by Crippen LogP contribution is 1.91. The number of hydrogen-bond acceptors (Lipinski definition) is 3. The van der Waals surface area contributed by atoms with E-state index in [9.17, 15) is 0 Å². The molecule has 1 rings (SSSR count). The normalized spacial score (nSPS) is 25.1. The topological polar surface area (TPSA) is 38.5 Å². The molecule has 1 heterocycles. The zero-order valence-corrected chi connectivity index (χ0v) is 4.97. The molecule has 0 aliphatic carbocycles. The van der Waals surface area contributed by atoms with Crippen molar-refractivity contribution in [2.75, 3.05) is 26.3 Å². The molecule has 0 atom stereocenters. The van der Waals surface area contributed by atoms with Crippen molar-refractivity contribution in [3.8, 4) is 0 Å². The molecule has 0 saturated carbocycles. The van der Waals surface area contributed by atoms with Crippen molar-refractivity contribution in [2.24, 2.45) is 5.84 Å². The summed E-state index contributed by atoms with van der Waals surface area (Å²) < 4.78 is 5.14. The number of hydrogen-bond donors (Lipinski definition) is 1. The Morgan fingerprint density at radius 1 is 1.25 bits per heavy atom. The van der Waals surface area contributed by atoms with Crippen LogP contribution in [0, 0.1) is 0 Å². The van der Waals surface area contributed by atoms with E-state index < -0.39 is 0 Å². The maximum absolute atomic E-state index is 5.49. The van der Waals surface area contributed by atoms with Gasteiger partial charge >= 0.3 is 0 Å². The second kappa shape index (κ2) is 3.02. The zero-order valence-electron chi connectivity index (χ0n) is 4.97. The van der Waals surface area contributed by atoms with Gasteiger partial charge in [0.15, 0.2) is 0 Å².